The van der Waals surface area contributed by atoms with Gasteiger partial charge in [-0.2, -0.15) is 0 Å². The predicted octanol–water partition coefficient (Wildman–Crippen LogP) is 3.23. The van der Waals surface area contributed by atoms with Gasteiger partial charge in [-0.25, -0.2) is 0 Å². The molecule has 16 heavy (non-hydrogen) atoms. The molecule has 0 aliphatic heterocycles. The molecular formula is C12H14ClNO2. The Kier molecular flexibility index (Phi) is 3.67. The van der Waals surface area contributed by atoms with Crippen LogP contribution >= 0.6 is 11.6 Å². The highest BCUT2D eigenvalue weighted by Gasteiger charge is 2.17. The molecule has 0 aromatic heterocycles. The first-order valence-electron chi connectivity index (χ1n) is 5.46. The molecule has 1 aliphatic carbocycles. The van der Waals surface area contributed by atoms with E-state index in [1.807, 2.05) is 0 Å². The van der Waals surface area contributed by atoms with Crippen molar-refractivity contribution in [2.24, 2.45) is 0 Å². The third-order valence-corrected chi connectivity index (χ3v) is 3.05. The van der Waals surface area contributed by atoms with Gasteiger partial charge in [-0.15, -0.1) is 0 Å². The second kappa shape index (κ2) is 5.21. The number of ether oxygens (including phenoxy) is 1. The molecule has 1 aromatic carbocycles. The van der Waals surface area contributed by atoms with Gasteiger partial charge in [0.2, 0.25) is 6.41 Å². The lowest BCUT2D eigenvalue weighted by atomic mass is 10.2. The zero-order valence-corrected chi connectivity index (χ0v) is 9.67. The SMILES string of the molecule is O=CNc1ccc(OC2CCCC2)c(Cl)c1. The van der Waals surface area contributed by atoms with Gasteiger partial charge in [0.05, 0.1) is 11.1 Å². The van der Waals surface area contributed by atoms with Crippen molar-refractivity contribution in [3.63, 3.8) is 0 Å². The zero-order valence-electron chi connectivity index (χ0n) is 8.91. The van der Waals surface area contributed by atoms with Crippen molar-refractivity contribution in [2.75, 3.05) is 5.32 Å². The van der Waals surface area contributed by atoms with Crippen molar-refractivity contribution in [2.45, 2.75) is 31.8 Å². The minimum absolute atomic E-state index is 0.294. The molecule has 1 aromatic rings. The highest BCUT2D eigenvalue weighted by molar-refractivity contribution is 6.32. The molecule has 1 N–H and O–H groups in total. The average Bonchev–Trinajstić information content (AvgIpc) is 2.75. The van der Waals surface area contributed by atoms with Gasteiger partial charge in [0.1, 0.15) is 5.75 Å². The van der Waals surface area contributed by atoms with Crippen LogP contribution in [0.15, 0.2) is 18.2 Å². The summed E-state index contributed by atoms with van der Waals surface area (Å²) in [5.41, 5.74) is 0.679. The van der Waals surface area contributed by atoms with E-state index in [4.69, 9.17) is 16.3 Å². The van der Waals surface area contributed by atoms with Crippen LogP contribution in [-0.2, 0) is 4.79 Å². The lowest BCUT2D eigenvalue weighted by Gasteiger charge is -2.14. The Morgan fingerprint density at radius 3 is 2.75 bits per heavy atom. The number of carbonyl (C=O) groups excluding carboxylic acids is 1. The molecule has 1 saturated carbocycles. The average molecular weight is 240 g/mol. The molecule has 3 nitrogen and oxygen atoms in total. The van der Waals surface area contributed by atoms with E-state index in [1.165, 1.54) is 12.8 Å². The lowest BCUT2D eigenvalue weighted by molar-refractivity contribution is -0.105. The minimum Gasteiger partial charge on any atom is -0.489 e. The molecule has 0 spiro atoms. The van der Waals surface area contributed by atoms with Crippen LogP contribution in [0.25, 0.3) is 0 Å². The highest BCUT2D eigenvalue weighted by atomic mass is 35.5. The van der Waals surface area contributed by atoms with E-state index in [1.54, 1.807) is 18.2 Å². The van der Waals surface area contributed by atoms with Crippen LogP contribution in [0.4, 0.5) is 5.69 Å². The van der Waals surface area contributed by atoms with Crippen LogP contribution in [0.1, 0.15) is 25.7 Å². The van der Waals surface area contributed by atoms with Crippen LogP contribution < -0.4 is 10.1 Å². The number of rotatable bonds is 4. The Morgan fingerprint density at radius 1 is 1.38 bits per heavy atom. The first kappa shape index (κ1) is 11.3. The van der Waals surface area contributed by atoms with Crippen LogP contribution in [0.3, 0.4) is 0 Å². The maximum absolute atomic E-state index is 10.3. The van der Waals surface area contributed by atoms with E-state index in [0.29, 0.717) is 29.0 Å². The molecule has 86 valence electrons. The maximum Gasteiger partial charge on any atom is 0.211 e. The number of nitrogens with one attached hydrogen (secondary N) is 1. The summed E-state index contributed by atoms with van der Waals surface area (Å²) in [5.74, 6) is 0.699. The maximum atomic E-state index is 10.3. The van der Waals surface area contributed by atoms with E-state index in [2.05, 4.69) is 5.32 Å². The van der Waals surface area contributed by atoms with E-state index in [9.17, 15) is 4.79 Å². The predicted molar refractivity (Wildman–Crippen MR) is 64.0 cm³/mol. The van der Waals surface area contributed by atoms with Crippen molar-refractivity contribution in [3.8, 4) is 5.75 Å². The molecule has 0 saturated heterocycles. The number of carbonyl (C=O) groups is 1. The van der Waals surface area contributed by atoms with Gasteiger partial charge in [-0.1, -0.05) is 11.6 Å². The Labute approximate surface area is 99.7 Å². The minimum atomic E-state index is 0.294. The fourth-order valence-electron chi connectivity index (χ4n) is 1.94. The van der Waals surface area contributed by atoms with Crippen molar-refractivity contribution >= 4 is 23.7 Å². The monoisotopic (exact) mass is 239 g/mol. The standard InChI is InChI=1S/C12H14ClNO2/c13-11-7-9(14-8-15)5-6-12(11)16-10-3-1-2-4-10/h5-8,10H,1-4H2,(H,14,15). The number of amides is 1. The van der Waals surface area contributed by atoms with Crippen molar-refractivity contribution in [3.05, 3.63) is 23.2 Å². The zero-order chi connectivity index (χ0) is 11.4. The number of anilines is 1. The van der Waals surface area contributed by atoms with Gasteiger partial charge in [0.15, 0.2) is 0 Å². The van der Waals surface area contributed by atoms with E-state index in [-0.39, 0.29) is 0 Å². The van der Waals surface area contributed by atoms with E-state index in [0.717, 1.165) is 12.8 Å². The van der Waals surface area contributed by atoms with Crippen LogP contribution in [-0.4, -0.2) is 12.5 Å². The van der Waals surface area contributed by atoms with Gasteiger partial charge in [0.25, 0.3) is 0 Å². The summed E-state index contributed by atoms with van der Waals surface area (Å²) >= 11 is 6.06. The smallest absolute Gasteiger partial charge is 0.211 e. The van der Waals surface area contributed by atoms with Crippen molar-refractivity contribution in [1.29, 1.82) is 0 Å². The molecule has 1 amide bonds. The Hall–Kier alpha value is -1.22. The van der Waals surface area contributed by atoms with Gasteiger partial charge in [-0.3, -0.25) is 4.79 Å². The van der Waals surface area contributed by atoms with E-state index >= 15 is 0 Å². The third kappa shape index (κ3) is 2.67. The third-order valence-electron chi connectivity index (χ3n) is 2.75. The second-order valence-electron chi connectivity index (χ2n) is 3.93. The first-order valence-corrected chi connectivity index (χ1v) is 5.84. The molecule has 0 heterocycles. The largest absolute Gasteiger partial charge is 0.489 e. The number of hydrogen-bond donors (Lipinski definition) is 1. The quantitative estimate of drug-likeness (QED) is 0.820. The topological polar surface area (TPSA) is 38.3 Å². The molecule has 0 atom stereocenters. The Bertz CT molecular complexity index is 375. The van der Waals surface area contributed by atoms with Crippen molar-refractivity contribution < 1.29 is 9.53 Å². The molecule has 4 heteroatoms. The van der Waals surface area contributed by atoms with Crippen LogP contribution in [0.5, 0.6) is 5.75 Å². The summed E-state index contributed by atoms with van der Waals surface area (Å²) in [6.07, 6.45) is 5.58. The molecule has 1 aliphatic rings. The van der Waals surface area contributed by atoms with Gasteiger partial charge < -0.3 is 10.1 Å². The van der Waals surface area contributed by atoms with Crippen LogP contribution in [0.2, 0.25) is 5.02 Å². The first-order chi connectivity index (χ1) is 7.79. The number of hydrogen-bond acceptors (Lipinski definition) is 2. The second-order valence-corrected chi connectivity index (χ2v) is 4.34. The molecule has 2 rings (SSSR count). The summed E-state index contributed by atoms with van der Waals surface area (Å²) in [5, 5.41) is 3.09. The number of benzene rings is 1. The van der Waals surface area contributed by atoms with Gasteiger partial charge in [-0.05, 0) is 43.9 Å². The van der Waals surface area contributed by atoms with Gasteiger partial charge >= 0.3 is 0 Å². The lowest BCUT2D eigenvalue weighted by Crippen LogP contribution is -2.11. The van der Waals surface area contributed by atoms with Gasteiger partial charge in [0, 0.05) is 5.69 Å². The molecule has 1 fully saturated rings. The fraction of sp³-hybridized carbons (Fsp3) is 0.417. The summed E-state index contributed by atoms with van der Waals surface area (Å²) in [4.78, 5) is 10.3. The Balaban J connectivity index is 2.06. The Morgan fingerprint density at radius 2 is 2.12 bits per heavy atom. The molecular weight excluding hydrogens is 226 g/mol. The van der Waals surface area contributed by atoms with Crippen LogP contribution in [0, 0.1) is 0 Å². The summed E-state index contributed by atoms with van der Waals surface area (Å²) < 4.78 is 5.79. The summed E-state index contributed by atoms with van der Waals surface area (Å²) in [6.45, 7) is 0. The fourth-order valence-corrected chi connectivity index (χ4v) is 2.17. The summed E-state index contributed by atoms with van der Waals surface area (Å²) in [7, 11) is 0. The van der Waals surface area contributed by atoms with E-state index < -0.39 is 0 Å². The molecule has 0 bridgehead atoms. The molecule has 0 radical (unpaired) electrons. The molecule has 0 unspecified atom stereocenters. The normalized spacial score (nSPS) is 16.1. The van der Waals surface area contributed by atoms with Crippen molar-refractivity contribution in [1.82, 2.24) is 0 Å². The number of halogens is 1. The highest BCUT2D eigenvalue weighted by Crippen LogP contribution is 2.31. The summed E-state index contributed by atoms with van der Waals surface area (Å²) in [6, 6.07) is 5.28.